The molecule has 3 aromatic rings. The largest absolute Gasteiger partial charge is 0.348 e. The first-order valence-corrected chi connectivity index (χ1v) is 11.7. The summed E-state index contributed by atoms with van der Waals surface area (Å²) >= 11 is 0. The number of urea groups is 1. The van der Waals surface area contributed by atoms with Crippen LogP contribution in [0.3, 0.4) is 0 Å². The van der Waals surface area contributed by atoms with Crippen molar-refractivity contribution < 1.29 is 18.8 Å². The monoisotopic (exact) mass is 473 g/mol. The lowest BCUT2D eigenvalue weighted by molar-refractivity contribution is -0.135. The molecule has 0 saturated carbocycles. The van der Waals surface area contributed by atoms with Gasteiger partial charge in [-0.25, -0.2) is 9.18 Å². The van der Waals surface area contributed by atoms with Crippen molar-refractivity contribution in [2.24, 2.45) is 0 Å². The molecule has 0 aromatic heterocycles. The molecule has 180 valence electrons. The van der Waals surface area contributed by atoms with Crippen LogP contribution in [0.5, 0.6) is 0 Å². The Kier molecular flexibility index (Phi) is 7.25. The van der Waals surface area contributed by atoms with Crippen LogP contribution in [0, 0.1) is 5.82 Å². The zero-order valence-corrected chi connectivity index (χ0v) is 19.5. The highest BCUT2D eigenvalue weighted by Gasteiger charge is 2.49. The lowest BCUT2D eigenvalue weighted by atomic mass is 9.92. The van der Waals surface area contributed by atoms with Crippen molar-refractivity contribution in [3.8, 4) is 0 Å². The molecule has 1 aliphatic heterocycles. The predicted molar refractivity (Wildman–Crippen MR) is 131 cm³/mol. The molecule has 4 rings (SSSR count). The van der Waals surface area contributed by atoms with Crippen molar-refractivity contribution in [3.63, 3.8) is 0 Å². The van der Waals surface area contributed by atoms with E-state index in [-0.39, 0.29) is 6.04 Å². The number of aryl methyl sites for hydroxylation is 1. The number of carbonyl (C=O) groups is 3. The SMILES string of the molecule is C[C@@]1(c2ccc(F)cc2)NC(=O)N(CC(=O)N[C@@H](CCCc2ccccc2)c2ccccc2)C1=O. The van der Waals surface area contributed by atoms with Crippen molar-refractivity contribution in [1.82, 2.24) is 15.5 Å². The number of hydrogen-bond donors (Lipinski definition) is 2. The molecule has 0 spiro atoms. The van der Waals surface area contributed by atoms with Crippen LogP contribution < -0.4 is 10.6 Å². The van der Waals surface area contributed by atoms with Crippen molar-refractivity contribution in [2.45, 2.75) is 37.8 Å². The van der Waals surface area contributed by atoms with Crippen LogP contribution >= 0.6 is 0 Å². The number of imide groups is 1. The summed E-state index contributed by atoms with van der Waals surface area (Å²) in [6, 6.07) is 24.2. The number of halogens is 1. The molecular formula is C28H28FN3O3. The molecule has 35 heavy (non-hydrogen) atoms. The number of amides is 4. The van der Waals surface area contributed by atoms with E-state index in [1.54, 1.807) is 6.92 Å². The highest BCUT2D eigenvalue weighted by atomic mass is 19.1. The van der Waals surface area contributed by atoms with Gasteiger partial charge >= 0.3 is 6.03 Å². The minimum Gasteiger partial charge on any atom is -0.348 e. The lowest BCUT2D eigenvalue weighted by Crippen LogP contribution is -2.44. The van der Waals surface area contributed by atoms with E-state index in [2.05, 4.69) is 22.8 Å². The van der Waals surface area contributed by atoms with Crippen LogP contribution in [0.15, 0.2) is 84.9 Å². The highest BCUT2D eigenvalue weighted by molar-refractivity contribution is 6.09. The fraction of sp³-hybridized carbons (Fsp3) is 0.250. The number of nitrogens with one attached hydrogen (secondary N) is 2. The van der Waals surface area contributed by atoms with Crippen LogP contribution in [0.4, 0.5) is 9.18 Å². The molecule has 1 fully saturated rings. The predicted octanol–water partition coefficient (Wildman–Crippen LogP) is 4.47. The Balaban J connectivity index is 1.42. The summed E-state index contributed by atoms with van der Waals surface area (Å²) in [6.45, 7) is 1.15. The van der Waals surface area contributed by atoms with Crippen LogP contribution in [-0.4, -0.2) is 29.3 Å². The van der Waals surface area contributed by atoms with E-state index in [0.717, 1.165) is 23.3 Å². The van der Waals surface area contributed by atoms with Gasteiger partial charge in [0.15, 0.2) is 0 Å². The van der Waals surface area contributed by atoms with Crippen LogP contribution in [0.2, 0.25) is 0 Å². The van der Waals surface area contributed by atoms with E-state index in [1.165, 1.54) is 29.8 Å². The minimum absolute atomic E-state index is 0.253. The lowest BCUT2D eigenvalue weighted by Gasteiger charge is -2.23. The third-order valence-corrected chi connectivity index (χ3v) is 6.34. The molecule has 4 amide bonds. The fourth-order valence-corrected chi connectivity index (χ4v) is 4.37. The third-order valence-electron chi connectivity index (χ3n) is 6.34. The Hall–Kier alpha value is -4.00. The molecule has 1 heterocycles. The van der Waals surface area contributed by atoms with Gasteiger partial charge in [-0.15, -0.1) is 0 Å². The number of nitrogens with zero attached hydrogens (tertiary/aromatic N) is 1. The van der Waals surface area contributed by atoms with E-state index in [1.807, 2.05) is 48.5 Å². The maximum absolute atomic E-state index is 13.3. The number of carbonyl (C=O) groups excluding carboxylic acids is 3. The summed E-state index contributed by atoms with van der Waals surface area (Å²) in [5.74, 6) is -1.42. The number of hydrogen-bond acceptors (Lipinski definition) is 3. The molecule has 7 heteroatoms. The van der Waals surface area contributed by atoms with Gasteiger partial charge in [-0.3, -0.25) is 14.5 Å². The van der Waals surface area contributed by atoms with Gasteiger partial charge in [0.05, 0.1) is 6.04 Å². The highest BCUT2D eigenvalue weighted by Crippen LogP contribution is 2.29. The summed E-state index contributed by atoms with van der Waals surface area (Å²) in [4.78, 5) is 39.6. The molecule has 0 radical (unpaired) electrons. The van der Waals surface area contributed by atoms with Crippen LogP contribution in [0.1, 0.15) is 42.5 Å². The minimum atomic E-state index is -1.36. The molecule has 1 aliphatic rings. The maximum atomic E-state index is 13.3. The molecular weight excluding hydrogens is 445 g/mol. The second kappa shape index (κ2) is 10.5. The van der Waals surface area contributed by atoms with Crippen molar-refractivity contribution in [2.75, 3.05) is 6.54 Å². The molecule has 3 aromatic carbocycles. The summed E-state index contributed by atoms with van der Waals surface area (Å²) < 4.78 is 13.3. The van der Waals surface area contributed by atoms with Crippen LogP contribution in [-0.2, 0) is 21.5 Å². The van der Waals surface area contributed by atoms with Gasteiger partial charge in [-0.2, -0.15) is 0 Å². The number of rotatable bonds is 9. The van der Waals surface area contributed by atoms with Crippen LogP contribution in [0.25, 0.3) is 0 Å². The first-order chi connectivity index (χ1) is 16.9. The van der Waals surface area contributed by atoms with Gasteiger partial charge in [0.1, 0.15) is 17.9 Å². The summed E-state index contributed by atoms with van der Waals surface area (Å²) in [5, 5.41) is 5.64. The molecule has 2 atom stereocenters. The second-order valence-corrected chi connectivity index (χ2v) is 8.86. The number of benzene rings is 3. The summed E-state index contributed by atoms with van der Waals surface area (Å²) in [5.41, 5.74) is 1.27. The van der Waals surface area contributed by atoms with Gasteiger partial charge in [0.2, 0.25) is 5.91 Å². The molecule has 0 aliphatic carbocycles. The van der Waals surface area contributed by atoms with Gasteiger partial charge in [-0.1, -0.05) is 72.8 Å². The third kappa shape index (κ3) is 5.57. The van der Waals surface area contributed by atoms with Gasteiger partial charge in [0.25, 0.3) is 5.91 Å². The van der Waals surface area contributed by atoms with Gasteiger partial charge < -0.3 is 10.6 Å². The molecule has 2 N–H and O–H groups in total. The van der Waals surface area contributed by atoms with E-state index in [4.69, 9.17) is 0 Å². The van der Waals surface area contributed by atoms with Crippen molar-refractivity contribution in [3.05, 3.63) is 107 Å². The molecule has 6 nitrogen and oxygen atoms in total. The van der Waals surface area contributed by atoms with E-state index >= 15 is 0 Å². The Labute approximate surface area is 204 Å². The molecule has 1 saturated heterocycles. The normalized spacial score (nSPS) is 18.3. The maximum Gasteiger partial charge on any atom is 0.325 e. The van der Waals surface area contributed by atoms with E-state index in [9.17, 15) is 18.8 Å². The first kappa shape index (κ1) is 24.1. The quantitative estimate of drug-likeness (QED) is 0.450. The summed E-state index contributed by atoms with van der Waals surface area (Å²) in [7, 11) is 0. The first-order valence-electron chi connectivity index (χ1n) is 11.7. The van der Waals surface area contributed by atoms with E-state index < -0.39 is 35.7 Å². The topological polar surface area (TPSA) is 78.5 Å². The van der Waals surface area contributed by atoms with E-state index in [0.29, 0.717) is 12.0 Å². The summed E-state index contributed by atoms with van der Waals surface area (Å²) in [6.07, 6.45) is 2.44. The van der Waals surface area contributed by atoms with Gasteiger partial charge in [0, 0.05) is 0 Å². The average molecular weight is 474 g/mol. The smallest absolute Gasteiger partial charge is 0.325 e. The zero-order chi connectivity index (χ0) is 24.8. The second-order valence-electron chi connectivity index (χ2n) is 8.86. The molecule has 0 bridgehead atoms. The average Bonchev–Trinajstić information content (AvgIpc) is 3.08. The van der Waals surface area contributed by atoms with Crippen molar-refractivity contribution >= 4 is 17.8 Å². The fourth-order valence-electron chi connectivity index (χ4n) is 4.37. The Morgan fingerprint density at radius 2 is 1.60 bits per heavy atom. The molecule has 0 unspecified atom stereocenters. The Bertz CT molecular complexity index is 1190. The Morgan fingerprint density at radius 1 is 0.971 bits per heavy atom. The zero-order valence-electron chi connectivity index (χ0n) is 19.5. The standard InChI is InChI=1S/C28H28FN3O3/c1-28(22-15-17-23(29)18-16-22)26(34)32(27(35)31-28)19-25(33)30-24(21-12-6-3-7-13-21)14-8-11-20-9-4-2-5-10-20/h2-7,9-10,12-13,15-18,24H,8,11,14,19H2,1H3,(H,30,33)(H,31,35)/t24-,28-/m0/s1. The van der Waals surface area contributed by atoms with Gasteiger partial charge in [-0.05, 0) is 55.0 Å². The van der Waals surface area contributed by atoms with Crippen molar-refractivity contribution in [1.29, 1.82) is 0 Å². The Morgan fingerprint density at radius 3 is 2.26 bits per heavy atom.